The lowest BCUT2D eigenvalue weighted by molar-refractivity contribution is -0.134. The first kappa shape index (κ1) is 13.6. The number of carboxylic acid groups (broad SMARTS) is 2. The second-order valence-electron chi connectivity index (χ2n) is 2.47. The molecule has 0 spiro atoms. The van der Waals surface area contributed by atoms with E-state index in [1.807, 2.05) is 18.2 Å². The fourth-order valence-electron chi connectivity index (χ4n) is 0.639. The minimum absolute atomic E-state index is 0.558. The average molecular weight is 221 g/mol. The molecule has 0 aliphatic heterocycles. The molecule has 16 heavy (non-hydrogen) atoms. The smallest absolute Gasteiger partial charge is 0.328 e. The van der Waals surface area contributed by atoms with Crippen molar-refractivity contribution < 1.29 is 19.8 Å². The summed E-state index contributed by atoms with van der Waals surface area (Å²) in [5.41, 5.74) is 0.924. The number of rotatable bonds is 3. The molecule has 1 rings (SSSR count). The maximum atomic E-state index is 9.55. The molecule has 5 heteroatoms. The van der Waals surface area contributed by atoms with E-state index in [-0.39, 0.29) is 0 Å². The first-order valence-electron chi connectivity index (χ1n) is 4.23. The van der Waals surface area contributed by atoms with E-state index in [4.69, 9.17) is 10.2 Å². The second kappa shape index (κ2) is 7.93. The Morgan fingerprint density at radius 2 is 1.75 bits per heavy atom. The summed E-state index contributed by atoms with van der Waals surface area (Å²) in [5, 5.41) is 15.6. The number of aromatic nitrogens is 1. The average Bonchev–Trinajstić information content (AvgIpc) is 2.28. The highest BCUT2D eigenvalue weighted by atomic mass is 16.4. The van der Waals surface area contributed by atoms with Crippen LogP contribution in [0, 0.1) is 0 Å². The van der Waals surface area contributed by atoms with Crippen LogP contribution in [0.3, 0.4) is 0 Å². The van der Waals surface area contributed by atoms with Gasteiger partial charge >= 0.3 is 11.9 Å². The molecule has 0 aliphatic rings. The van der Waals surface area contributed by atoms with Gasteiger partial charge in [0.2, 0.25) is 0 Å². The van der Waals surface area contributed by atoms with Crippen molar-refractivity contribution in [3.8, 4) is 0 Å². The number of pyridine rings is 1. The highest BCUT2D eigenvalue weighted by Gasteiger charge is 1.88. The van der Waals surface area contributed by atoms with Gasteiger partial charge in [-0.15, -0.1) is 0 Å². The Hall–Kier alpha value is -2.43. The van der Waals surface area contributed by atoms with Gasteiger partial charge in [-0.25, -0.2) is 9.59 Å². The molecule has 0 atom stereocenters. The van der Waals surface area contributed by atoms with Crippen molar-refractivity contribution >= 4 is 18.0 Å². The summed E-state index contributed by atoms with van der Waals surface area (Å²) in [5.74, 6) is -2.51. The molecule has 5 nitrogen and oxygen atoms in total. The van der Waals surface area contributed by atoms with Crippen molar-refractivity contribution in [1.29, 1.82) is 0 Å². The number of hydrogen-bond donors (Lipinski definition) is 2. The molecule has 0 unspecified atom stereocenters. The van der Waals surface area contributed by atoms with Crippen LogP contribution >= 0.6 is 0 Å². The van der Waals surface area contributed by atoms with Crippen LogP contribution in [-0.2, 0) is 9.59 Å². The van der Waals surface area contributed by atoms with Gasteiger partial charge in [0.25, 0.3) is 0 Å². The van der Waals surface area contributed by atoms with E-state index >= 15 is 0 Å². The first-order chi connectivity index (χ1) is 7.56. The topological polar surface area (TPSA) is 87.5 Å². The van der Waals surface area contributed by atoms with Crippen molar-refractivity contribution in [2.75, 3.05) is 0 Å². The van der Waals surface area contributed by atoms with Crippen LogP contribution in [0.2, 0.25) is 0 Å². The first-order valence-corrected chi connectivity index (χ1v) is 4.23. The SMILES string of the molecule is C=Cc1ccccn1.O=C(O)C=CC(=O)O. The summed E-state index contributed by atoms with van der Waals surface area (Å²) in [6.07, 6.45) is 4.58. The van der Waals surface area contributed by atoms with Gasteiger partial charge in [0.15, 0.2) is 0 Å². The minimum Gasteiger partial charge on any atom is -0.478 e. The molecule has 84 valence electrons. The Kier molecular flexibility index (Phi) is 6.72. The lowest BCUT2D eigenvalue weighted by atomic mass is 10.4. The van der Waals surface area contributed by atoms with Gasteiger partial charge < -0.3 is 10.2 Å². The van der Waals surface area contributed by atoms with Crippen molar-refractivity contribution in [1.82, 2.24) is 4.98 Å². The maximum absolute atomic E-state index is 9.55. The third-order valence-electron chi connectivity index (χ3n) is 1.27. The number of carbonyl (C=O) groups is 2. The zero-order chi connectivity index (χ0) is 12.4. The Labute approximate surface area is 92.4 Å². The number of nitrogens with zero attached hydrogens (tertiary/aromatic N) is 1. The van der Waals surface area contributed by atoms with E-state index in [2.05, 4.69) is 11.6 Å². The molecule has 0 aromatic carbocycles. The molecule has 1 aromatic rings. The van der Waals surface area contributed by atoms with Gasteiger partial charge in [-0.3, -0.25) is 4.98 Å². The number of carboxylic acids is 2. The van der Waals surface area contributed by atoms with Crippen LogP contribution in [0.25, 0.3) is 6.08 Å². The van der Waals surface area contributed by atoms with E-state index in [0.29, 0.717) is 12.2 Å². The summed E-state index contributed by atoms with van der Waals surface area (Å²) in [7, 11) is 0. The van der Waals surface area contributed by atoms with E-state index in [1.165, 1.54) is 0 Å². The van der Waals surface area contributed by atoms with Crippen molar-refractivity contribution in [2.24, 2.45) is 0 Å². The van der Waals surface area contributed by atoms with E-state index in [0.717, 1.165) is 5.69 Å². The van der Waals surface area contributed by atoms with E-state index in [9.17, 15) is 9.59 Å². The summed E-state index contributed by atoms with van der Waals surface area (Å²) >= 11 is 0. The standard InChI is InChI=1S/C7H7N.C4H4O4/c1-2-7-5-3-4-6-8-7;5-3(6)1-2-4(7)8/h2-6H,1H2;1-2H,(H,5,6)(H,7,8). The molecular formula is C11H11NO4. The molecular weight excluding hydrogens is 210 g/mol. The van der Waals surface area contributed by atoms with Gasteiger partial charge in [0.1, 0.15) is 0 Å². The fraction of sp³-hybridized carbons (Fsp3) is 0. The summed E-state index contributed by atoms with van der Waals surface area (Å²) in [4.78, 5) is 23.1. The monoisotopic (exact) mass is 221 g/mol. The molecule has 0 fully saturated rings. The lowest BCUT2D eigenvalue weighted by Crippen LogP contribution is -1.91. The second-order valence-corrected chi connectivity index (χ2v) is 2.47. The molecule has 0 bridgehead atoms. The summed E-state index contributed by atoms with van der Waals surface area (Å²) in [6, 6.07) is 5.73. The van der Waals surface area contributed by atoms with Crippen LogP contribution < -0.4 is 0 Å². The predicted octanol–water partition coefficient (Wildman–Crippen LogP) is 1.44. The largest absolute Gasteiger partial charge is 0.478 e. The molecule has 1 aromatic heterocycles. The van der Waals surface area contributed by atoms with Crippen molar-refractivity contribution in [3.63, 3.8) is 0 Å². The Morgan fingerprint density at radius 3 is 2.00 bits per heavy atom. The molecule has 0 saturated heterocycles. The Bertz CT molecular complexity index is 368. The highest BCUT2D eigenvalue weighted by molar-refractivity contribution is 5.89. The number of hydrogen-bond acceptors (Lipinski definition) is 3. The van der Waals surface area contributed by atoms with Crippen LogP contribution in [0.5, 0.6) is 0 Å². The van der Waals surface area contributed by atoms with E-state index in [1.54, 1.807) is 12.3 Å². The molecule has 0 aliphatic carbocycles. The predicted molar refractivity (Wildman–Crippen MR) is 58.7 cm³/mol. The summed E-state index contributed by atoms with van der Waals surface area (Å²) in [6.45, 7) is 3.57. The normalized spacial score (nSPS) is 9.00. The highest BCUT2D eigenvalue weighted by Crippen LogP contribution is 1.91. The van der Waals surface area contributed by atoms with Crippen LogP contribution in [0.15, 0.2) is 43.1 Å². The van der Waals surface area contributed by atoms with Crippen molar-refractivity contribution in [2.45, 2.75) is 0 Å². The van der Waals surface area contributed by atoms with Gasteiger partial charge in [0, 0.05) is 18.3 Å². The molecule has 0 amide bonds. The zero-order valence-electron chi connectivity index (χ0n) is 8.41. The molecule has 2 N–H and O–H groups in total. The summed E-state index contributed by atoms with van der Waals surface area (Å²) < 4.78 is 0. The maximum Gasteiger partial charge on any atom is 0.328 e. The molecule has 1 heterocycles. The fourth-order valence-corrected chi connectivity index (χ4v) is 0.639. The quantitative estimate of drug-likeness (QED) is 0.754. The Morgan fingerprint density at radius 1 is 1.19 bits per heavy atom. The number of aliphatic carboxylic acids is 2. The lowest BCUT2D eigenvalue weighted by Gasteiger charge is -1.84. The Balaban J connectivity index is 0.000000281. The molecule has 0 radical (unpaired) electrons. The van der Waals surface area contributed by atoms with Gasteiger partial charge in [-0.05, 0) is 18.2 Å². The third-order valence-corrected chi connectivity index (χ3v) is 1.27. The molecule has 0 saturated carbocycles. The van der Waals surface area contributed by atoms with Crippen LogP contribution in [-0.4, -0.2) is 27.1 Å². The van der Waals surface area contributed by atoms with E-state index < -0.39 is 11.9 Å². The van der Waals surface area contributed by atoms with Crippen LogP contribution in [0.4, 0.5) is 0 Å². The van der Waals surface area contributed by atoms with Gasteiger partial charge in [0.05, 0.1) is 5.69 Å². The van der Waals surface area contributed by atoms with Gasteiger partial charge in [-0.2, -0.15) is 0 Å². The minimum atomic E-state index is -1.26. The van der Waals surface area contributed by atoms with Crippen LogP contribution in [0.1, 0.15) is 5.69 Å². The zero-order valence-corrected chi connectivity index (χ0v) is 8.41. The van der Waals surface area contributed by atoms with Crippen molar-refractivity contribution in [3.05, 3.63) is 48.8 Å². The third kappa shape index (κ3) is 8.18. The van der Waals surface area contributed by atoms with Gasteiger partial charge in [-0.1, -0.05) is 12.6 Å².